The molecule has 2 heterocycles. The number of allylic oxidation sites excluding steroid dienone is 2. The van der Waals surface area contributed by atoms with Crippen LogP contribution < -0.4 is 10.6 Å². The highest BCUT2D eigenvalue weighted by molar-refractivity contribution is 5.83. The minimum absolute atomic E-state index is 0.510. The molecule has 0 amide bonds. The third-order valence-electron chi connectivity index (χ3n) is 6.89. The Labute approximate surface area is 219 Å². The van der Waals surface area contributed by atoms with Crippen LogP contribution in [0.15, 0.2) is 71.7 Å². The smallest absolute Gasteiger partial charge is 0.227 e. The monoisotopic (exact) mass is 502 g/mol. The molecule has 0 bridgehead atoms. The second kappa shape index (κ2) is 11.5. The zero-order chi connectivity index (χ0) is 26.5. The first-order chi connectivity index (χ1) is 17.8. The highest BCUT2D eigenvalue weighted by Gasteiger charge is 2.18. The summed E-state index contributed by atoms with van der Waals surface area (Å²) >= 11 is 0. The van der Waals surface area contributed by atoms with Crippen molar-refractivity contribution >= 4 is 16.9 Å². The lowest BCUT2D eigenvalue weighted by Crippen LogP contribution is -2.35. The molecule has 196 valence electrons. The van der Waals surface area contributed by atoms with Gasteiger partial charge in [0.15, 0.2) is 0 Å². The number of aryl methyl sites for hydroxylation is 1. The van der Waals surface area contributed by atoms with Gasteiger partial charge < -0.3 is 25.2 Å². The number of fused-ring (bicyclic) bond motifs is 1. The number of benzene rings is 1. The maximum atomic E-state index is 5.78. The Morgan fingerprint density at radius 1 is 1.16 bits per heavy atom. The molecule has 2 aromatic heterocycles. The van der Waals surface area contributed by atoms with E-state index in [1.165, 1.54) is 0 Å². The van der Waals surface area contributed by atoms with Crippen LogP contribution in [-0.4, -0.2) is 76.9 Å². The Morgan fingerprint density at radius 2 is 1.97 bits per heavy atom. The molecular weight excluding hydrogens is 464 g/mol. The van der Waals surface area contributed by atoms with Gasteiger partial charge in [-0.25, -0.2) is 9.97 Å². The Balaban J connectivity index is 1.57. The number of likely N-dealkylation sites (N-methyl/N-ethyl adjacent to an activating group) is 3. The molecule has 4 rings (SSSR count). The molecule has 0 unspecified atom stereocenters. The third-order valence-corrected chi connectivity index (χ3v) is 6.89. The van der Waals surface area contributed by atoms with Gasteiger partial charge in [0, 0.05) is 63.8 Å². The van der Waals surface area contributed by atoms with Gasteiger partial charge in [-0.15, -0.1) is 0 Å². The average Bonchev–Trinajstić information content (AvgIpc) is 3.17. The van der Waals surface area contributed by atoms with Gasteiger partial charge in [-0.3, -0.25) is 4.68 Å². The summed E-state index contributed by atoms with van der Waals surface area (Å²) in [5.74, 6) is 1.33. The molecule has 0 spiro atoms. The average molecular weight is 503 g/mol. The fourth-order valence-corrected chi connectivity index (χ4v) is 4.28. The van der Waals surface area contributed by atoms with Crippen LogP contribution in [-0.2, 0) is 11.8 Å². The molecular formula is C28H38N8O. The van der Waals surface area contributed by atoms with Crippen molar-refractivity contribution in [2.45, 2.75) is 26.3 Å². The number of aromatic nitrogens is 4. The summed E-state index contributed by atoms with van der Waals surface area (Å²) in [5.41, 5.74) is 5.88. The molecule has 0 aliphatic heterocycles. The van der Waals surface area contributed by atoms with Crippen molar-refractivity contribution in [3.8, 4) is 11.3 Å². The number of rotatable bonds is 10. The van der Waals surface area contributed by atoms with Crippen molar-refractivity contribution in [3.63, 3.8) is 0 Å². The lowest BCUT2D eigenvalue weighted by Gasteiger charge is -2.28. The Hall–Kier alpha value is -3.85. The predicted octanol–water partition coefficient (Wildman–Crippen LogP) is 3.96. The summed E-state index contributed by atoms with van der Waals surface area (Å²) in [6.45, 7) is 6.32. The molecule has 3 aromatic rings. The number of anilines is 1. The van der Waals surface area contributed by atoms with E-state index in [4.69, 9.17) is 9.72 Å². The van der Waals surface area contributed by atoms with Crippen LogP contribution in [0.1, 0.15) is 20.3 Å². The number of nitrogens with one attached hydrogen (secondary N) is 2. The number of nitrogens with zero attached hydrogens (tertiary/aromatic N) is 6. The highest BCUT2D eigenvalue weighted by Crippen LogP contribution is 2.26. The Morgan fingerprint density at radius 3 is 2.70 bits per heavy atom. The number of hydrogen-bond acceptors (Lipinski definition) is 8. The first kappa shape index (κ1) is 26.2. The van der Waals surface area contributed by atoms with Crippen molar-refractivity contribution in [3.05, 3.63) is 71.7 Å². The summed E-state index contributed by atoms with van der Waals surface area (Å²) in [6, 6.07) is 8.65. The molecule has 2 N–H and O–H groups in total. The lowest BCUT2D eigenvalue weighted by atomic mass is 10.1. The zero-order valence-electron chi connectivity index (χ0n) is 22.9. The summed E-state index contributed by atoms with van der Waals surface area (Å²) in [5, 5.41) is 12.2. The summed E-state index contributed by atoms with van der Waals surface area (Å²) in [6.07, 6.45) is 8.56. The number of ether oxygens (including phenoxy) is 1. The van der Waals surface area contributed by atoms with Crippen LogP contribution in [0.5, 0.6) is 0 Å². The molecule has 1 aliphatic rings. The second-order valence-electron chi connectivity index (χ2n) is 9.57. The molecule has 1 aromatic carbocycles. The molecule has 1 aliphatic carbocycles. The first-order valence-electron chi connectivity index (χ1n) is 12.6. The minimum atomic E-state index is 0.510. The molecule has 0 fully saturated rings. The van der Waals surface area contributed by atoms with Gasteiger partial charge in [-0.1, -0.05) is 12.1 Å². The van der Waals surface area contributed by atoms with Gasteiger partial charge in [0.25, 0.3) is 0 Å². The van der Waals surface area contributed by atoms with E-state index in [1.54, 1.807) is 13.3 Å². The van der Waals surface area contributed by atoms with E-state index in [1.807, 2.05) is 31.0 Å². The van der Waals surface area contributed by atoms with E-state index in [9.17, 15) is 0 Å². The van der Waals surface area contributed by atoms with E-state index < -0.39 is 0 Å². The van der Waals surface area contributed by atoms with E-state index in [0.29, 0.717) is 18.4 Å². The maximum absolute atomic E-state index is 5.78. The van der Waals surface area contributed by atoms with Gasteiger partial charge in [-0.2, -0.15) is 5.10 Å². The Bertz CT molecular complexity index is 1340. The van der Waals surface area contributed by atoms with Crippen molar-refractivity contribution in [2.75, 3.05) is 46.7 Å². The fourth-order valence-electron chi connectivity index (χ4n) is 4.28. The molecule has 0 saturated carbocycles. The fraction of sp³-hybridized carbons (Fsp3) is 0.393. The molecule has 9 heteroatoms. The van der Waals surface area contributed by atoms with Gasteiger partial charge in [0.2, 0.25) is 5.95 Å². The standard InChI is InChI=1S/C28H38N8O/c1-19(2)34(4)14-15-35(5)26-10-11-27(37-7)24(17-23(26)29-3)33-28-30-13-12-22(32-28)20-8-9-25-21(16-20)18-31-36(25)6/h8-10,12-13,16-19,29H,11,14-15H2,1-7H3,(H,30,32,33). The van der Waals surface area contributed by atoms with Crippen LogP contribution in [0, 0.1) is 0 Å². The Kier molecular flexibility index (Phi) is 8.13. The highest BCUT2D eigenvalue weighted by atomic mass is 16.5. The minimum Gasteiger partial charge on any atom is -0.499 e. The van der Waals surface area contributed by atoms with E-state index in [0.717, 1.165) is 58.1 Å². The molecule has 0 saturated heterocycles. The van der Waals surface area contributed by atoms with Crippen molar-refractivity contribution < 1.29 is 4.74 Å². The maximum Gasteiger partial charge on any atom is 0.227 e. The SMILES string of the molecule is CNC1=CC(Nc2nccc(-c3ccc4c(cnn4C)c3)n2)=C(OC)CC=C1N(C)CCN(C)C(C)C. The van der Waals surface area contributed by atoms with Crippen LogP contribution in [0.3, 0.4) is 0 Å². The zero-order valence-corrected chi connectivity index (χ0v) is 22.9. The van der Waals surface area contributed by atoms with E-state index in [-0.39, 0.29) is 0 Å². The van der Waals surface area contributed by atoms with Gasteiger partial charge >= 0.3 is 0 Å². The molecule has 9 nitrogen and oxygen atoms in total. The lowest BCUT2D eigenvalue weighted by molar-refractivity contribution is 0.243. The molecule has 0 atom stereocenters. The summed E-state index contributed by atoms with van der Waals surface area (Å²) in [4.78, 5) is 13.9. The van der Waals surface area contributed by atoms with Crippen LogP contribution in [0.25, 0.3) is 22.2 Å². The van der Waals surface area contributed by atoms with Crippen molar-refractivity contribution in [2.24, 2.45) is 7.05 Å². The third kappa shape index (κ3) is 5.94. The van der Waals surface area contributed by atoms with Crippen LogP contribution in [0.4, 0.5) is 5.95 Å². The quantitative estimate of drug-likeness (QED) is 0.431. The molecule has 37 heavy (non-hydrogen) atoms. The van der Waals surface area contributed by atoms with Gasteiger partial charge in [0.05, 0.1) is 41.6 Å². The largest absolute Gasteiger partial charge is 0.499 e. The van der Waals surface area contributed by atoms with Gasteiger partial charge in [-0.05, 0) is 45.2 Å². The van der Waals surface area contributed by atoms with Crippen molar-refractivity contribution in [1.29, 1.82) is 0 Å². The molecule has 0 radical (unpaired) electrons. The van der Waals surface area contributed by atoms with Crippen LogP contribution in [0.2, 0.25) is 0 Å². The second-order valence-corrected chi connectivity index (χ2v) is 9.57. The van der Waals surface area contributed by atoms with Crippen LogP contribution >= 0.6 is 0 Å². The summed E-state index contributed by atoms with van der Waals surface area (Å²) < 4.78 is 7.65. The van der Waals surface area contributed by atoms with E-state index in [2.05, 4.69) is 88.8 Å². The number of hydrogen-bond donors (Lipinski definition) is 2. The topological polar surface area (TPSA) is 83.4 Å². The van der Waals surface area contributed by atoms with Gasteiger partial charge in [0.1, 0.15) is 5.76 Å². The van der Waals surface area contributed by atoms with E-state index >= 15 is 0 Å². The predicted molar refractivity (Wildman–Crippen MR) is 150 cm³/mol. The number of methoxy groups -OCH3 is 1. The normalized spacial score (nSPS) is 14.1. The summed E-state index contributed by atoms with van der Waals surface area (Å²) in [7, 11) is 9.86. The first-order valence-corrected chi connectivity index (χ1v) is 12.6. The van der Waals surface area contributed by atoms with Crippen molar-refractivity contribution in [1.82, 2.24) is 34.9 Å².